The van der Waals surface area contributed by atoms with Crippen LogP contribution in [0.15, 0.2) is 79.0 Å². The topological polar surface area (TPSA) is 33.1 Å². The van der Waals surface area contributed by atoms with E-state index in [0.29, 0.717) is 0 Å². The molecule has 116 valence electrons. The SMILES string of the molecule is Cc1cccc([C@](C)(O)[C@@H](c2ccccc2)c2ccccn2)c1. The lowest BCUT2D eigenvalue weighted by atomic mass is 9.76. The molecular weight excluding hydrogens is 282 g/mol. The van der Waals surface area contributed by atoms with E-state index in [1.807, 2.05) is 86.6 Å². The van der Waals surface area contributed by atoms with Crippen molar-refractivity contribution >= 4 is 0 Å². The monoisotopic (exact) mass is 303 g/mol. The van der Waals surface area contributed by atoms with Crippen molar-refractivity contribution in [2.24, 2.45) is 0 Å². The largest absolute Gasteiger partial charge is 0.384 e. The van der Waals surface area contributed by atoms with E-state index in [2.05, 4.69) is 4.98 Å². The molecule has 3 rings (SSSR count). The molecule has 0 radical (unpaired) electrons. The van der Waals surface area contributed by atoms with Gasteiger partial charge in [-0.05, 0) is 37.1 Å². The number of aromatic nitrogens is 1. The third-order valence-electron chi connectivity index (χ3n) is 4.28. The highest BCUT2D eigenvalue weighted by molar-refractivity contribution is 5.38. The van der Waals surface area contributed by atoms with Crippen molar-refractivity contribution in [2.75, 3.05) is 0 Å². The molecule has 0 amide bonds. The van der Waals surface area contributed by atoms with Gasteiger partial charge in [0.2, 0.25) is 0 Å². The van der Waals surface area contributed by atoms with Crippen molar-refractivity contribution < 1.29 is 5.11 Å². The summed E-state index contributed by atoms with van der Waals surface area (Å²) >= 11 is 0. The van der Waals surface area contributed by atoms with E-state index in [1.165, 1.54) is 0 Å². The smallest absolute Gasteiger partial charge is 0.0992 e. The molecule has 0 spiro atoms. The Labute approximate surface area is 137 Å². The van der Waals surface area contributed by atoms with E-state index in [9.17, 15) is 5.11 Å². The highest BCUT2D eigenvalue weighted by Crippen LogP contribution is 2.40. The lowest BCUT2D eigenvalue weighted by Gasteiger charge is -2.34. The van der Waals surface area contributed by atoms with Crippen LogP contribution in [-0.2, 0) is 5.60 Å². The summed E-state index contributed by atoms with van der Waals surface area (Å²) in [6, 6.07) is 23.9. The Hall–Kier alpha value is -2.45. The minimum atomic E-state index is -1.05. The van der Waals surface area contributed by atoms with Crippen molar-refractivity contribution in [2.45, 2.75) is 25.4 Å². The van der Waals surface area contributed by atoms with Crippen LogP contribution >= 0.6 is 0 Å². The molecule has 23 heavy (non-hydrogen) atoms. The van der Waals surface area contributed by atoms with Crippen LogP contribution in [0.4, 0.5) is 0 Å². The molecule has 2 nitrogen and oxygen atoms in total. The number of aryl methyl sites for hydroxylation is 1. The summed E-state index contributed by atoms with van der Waals surface area (Å²) in [5.74, 6) is -0.230. The fourth-order valence-electron chi connectivity index (χ4n) is 3.10. The van der Waals surface area contributed by atoms with E-state index >= 15 is 0 Å². The maximum Gasteiger partial charge on any atom is 0.0992 e. The first-order valence-corrected chi connectivity index (χ1v) is 7.84. The number of benzene rings is 2. The molecule has 2 heteroatoms. The lowest BCUT2D eigenvalue weighted by molar-refractivity contribution is 0.0380. The molecule has 1 aromatic heterocycles. The predicted molar refractivity (Wildman–Crippen MR) is 93.3 cm³/mol. The van der Waals surface area contributed by atoms with Gasteiger partial charge in [0.15, 0.2) is 0 Å². The quantitative estimate of drug-likeness (QED) is 0.773. The Bertz CT molecular complexity index is 727. The first kappa shape index (κ1) is 15.4. The minimum absolute atomic E-state index is 0.230. The van der Waals surface area contributed by atoms with Crippen LogP contribution in [0.2, 0.25) is 0 Å². The van der Waals surface area contributed by atoms with E-state index in [0.717, 1.165) is 22.4 Å². The van der Waals surface area contributed by atoms with Gasteiger partial charge in [-0.1, -0.05) is 66.2 Å². The Morgan fingerprint density at radius 1 is 0.913 bits per heavy atom. The van der Waals surface area contributed by atoms with Crippen LogP contribution in [0.3, 0.4) is 0 Å². The molecule has 0 aliphatic carbocycles. The van der Waals surface area contributed by atoms with Crippen LogP contribution in [0.1, 0.15) is 35.2 Å². The highest BCUT2D eigenvalue weighted by atomic mass is 16.3. The van der Waals surface area contributed by atoms with Gasteiger partial charge in [0.1, 0.15) is 0 Å². The summed E-state index contributed by atoms with van der Waals surface area (Å²) < 4.78 is 0. The Balaban J connectivity index is 2.15. The average Bonchev–Trinajstić information content (AvgIpc) is 2.57. The van der Waals surface area contributed by atoms with Crippen molar-refractivity contribution in [3.05, 3.63) is 101 Å². The van der Waals surface area contributed by atoms with Gasteiger partial charge in [-0.2, -0.15) is 0 Å². The Morgan fingerprint density at radius 2 is 1.65 bits per heavy atom. The summed E-state index contributed by atoms with van der Waals surface area (Å²) in [5.41, 5.74) is 2.90. The van der Waals surface area contributed by atoms with Gasteiger partial charge in [0, 0.05) is 6.20 Å². The minimum Gasteiger partial charge on any atom is -0.384 e. The number of nitrogens with zero attached hydrogens (tertiary/aromatic N) is 1. The second kappa shape index (κ2) is 6.35. The second-order valence-electron chi connectivity index (χ2n) is 6.12. The normalized spacial score (nSPS) is 14.9. The molecule has 0 saturated carbocycles. The first-order chi connectivity index (χ1) is 11.1. The van der Waals surface area contributed by atoms with Gasteiger partial charge in [0.05, 0.1) is 17.2 Å². The number of aliphatic hydroxyl groups is 1. The van der Waals surface area contributed by atoms with Gasteiger partial charge >= 0.3 is 0 Å². The standard InChI is InChI=1S/C21H21NO/c1-16-9-8-12-18(15-16)21(2,23)20(17-10-4-3-5-11-17)19-13-6-7-14-22-19/h3-15,20,23H,1-2H3/t20-,21-/m0/s1. The molecule has 1 heterocycles. The van der Waals surface area contributed by atoms with Crippen LogP contribution in [0.5, 0.6) is 0 Å². The molecule has 2 aromatic carbocycles. The molecular formula is C21H21NO. The van der Waals surface area contributed by atoms with Gasteiger partial charge < -0.3 is 5.11 Å². The van der Waals surface area contributed by atoms with Gasteiger partial charge in [0.25, 0.3) is 0 Å². The zero-order chi connectivity index (χ0) is 16.3. The molecule has 2 atom stereocenters. The van der Waals surface area contributed by atoms with E-state index in [1.54, 1.807) is 6.20 Å². The number of hydrogen-bond donors (Lipinski definition) is 1. The third kappa shape index (κ3) is 3.17. The summed E-state index contributed by atoms with van der Waals surface area (Å²) in [6.45, 7) is 3.91. The zero-order valence-corrected chi connectivity index (χ0v) is 13.5. The average molecular weight is 303 g/mol. The summed E-state index contributed by atoms with van der Waals surface area (Å²) in [4.78, 5) is 4.51. The Morgan fingerprint density at radius 3 is 2.30 bits per heavy atom. The maximum atomic E-state index is 11.4. The van der Waals surface area contributed by atoms with Crippen molar-refractivity contribution in [1.29, 1.82) is 0 Å². The molecule has 0 aliphatic heterocycles. The first-order valence-electron chi connectivity index (χ1n) is 7.84. The molecule has 0 fully saturated rings. The van der Waals surface area contributed by atoms with Gasteiger partial charge in [-0.3, -0.25) is 4.98 Å². The maximum absolute atomic E-state index is 11.4. The van der Waals surface area contributed by atoms with Crippen molar-refractivity contribution in [3.63, 3.8) is 0 Å². The van der Waals surface area contributed by atoms with E-state index in [-0.39, 0.29) is 5.92 Å². The Kier molecular flexibility index (Phi) is 4.26. The van der Waals surface area contributed by atoms with Crippen LogP contribution in [-0.4, -0.2) is 10.1 Å². The predicted octanol–water partition coefficient (Wildman–Crippen LogP) is 4.43. The van der Waals surface area contributed by atoms with Crippen molar-refractivity contribution in [1.82, 2.24) is 4.98 Å². The molecule has 0 saturated heterocycles. The van der Waals surface area contributed by atoms with E-state index < -0.39 is 5.60 Å². The second-order valence-corrected chi connectivity index (χ2v) is 6.12. The summed E-state index contributed by atoms with van der Waals surface area (Å²) in [7, 11) is 0. The molecule has 0 bridgehead atoms. The fourth-order valence-corrected chi connectivity index (χ4v) is 3.10. The zero-order valence-electron chi connectivity index (χ0n) is 13.5. The molecule has 0 aliphatic rings. The van der Waals surface area contributed by atoms with Crippen LogP contribution < -0.4 is 0 Å². The number of rotatable bonds is 4. The van der Waals surface area contributed by atoms with Gasteiger partial charge in [-0.25, -0.2) is 0 Å². The number of pyridine rings is 1. The fraction of sp³-hybridized carbons (Fsp3) is 0.190. The molecule has 1 N–H and O–H groups in total. The molecule has 3 aromatic rings. The molecule has 0 unspecified atom stereocenters. The van der Waals surface area contributed by atoms with Crippen LogP contribution in [0, 0.1) is 6.92 Å². The summed E-state index contributed by atoms with van der Waals surface area (Å²) in [5, 5.41) is 11.4. The lowest BCUT2D eigenvalue weighted by Crippen LogP contribution is -2.31. The summed E-state index contributed by atoms with van der Waals surface area (Å²) in [6.07, 6.45) is 1.78. The third-order valence-corrected chi connectivity index (χ3v) is 4.28. The highest BCUT2D eigenvalue weighted by Gasteiger charge is 2.37. The van der Waals surface area contributed by atoms with Gasteiger partial charge in [-0.15, -0.1) is 0 Å². The number of hydrogen-bond acceptors (Lipinski definition) is 2. The van der Waals surface area contributed by atoms with Crippen LogP contribution in [0.25, 0.3) is 0 Å². The van der Waals surface area contributed by atoms with E-state index in [4.69, 9.17) is 0 Å². The van der Waals surface area contributed by atoms with Crippen molar-refractivity contribution in [3.8, 4) is 0 Å².